The lowest BCUT2D eigenvalue weighted by molar-refractivity contribution is -0.148. The average molecular weight is 485 g/mol. The van der Waals surface area contributed by atoms with E-state index < -0.39 is 0 Å². The summed E-state index contributed by atoms with van der Waals surface area (Å²) < 4.78 is 18.8. The average Bonchev–Trinajstić information content (AvgIpc) is 3.21. The molecule has 0 unspecified atom stereocenters. The van der Waals surface area contributed by atoms with Gasteiger partial charge in [-0.1, -0.05) is 47.1 Å². The number of pyridine rings is 1. The highest BCUT2D eigenvalue weighted by Gasteiger charge is 2.30. The van der Waals surface area contributed by atoms with Gasteiger partial charge in [-0.15, -0.1) is 5.10 Å². The van der Waals surface area contributed by atoms with Crippen LogP contribution in [0, 0.1) is 12.8 Å². The van der Waals surface area contributed by atoms with Crippen LogP contribution in [-0.4, -0.2) is 38.1 Å². The predicted molar refractivity (Wildman–Crippen MR) is 127 cm³/mol. The summed E-state index contributed by atoms with van der Waals surface area (Å²) in [6, 6.07) is 13.7. The first-order chi connectivity index (χ1) is 16.5. The van der Waals surface area contributed by atoms with Crippen LogP contribution in [-0.2, 0) is 34.5 Å². The second-order valence-corrected chi connectivity index (χ2v) is 8.66. The molecule has 9 heteroatoms. The van der Waals surface area contributed by atoms with Gasteiger partial charge in [-0.05, 0) is 50.3 Å². The Bertz CT molecular complexity index is 1110. The molecule has 3 aromatic rings. The third kappa shape index (κ3) is 5.93. The zero-order valence-corrected chi connectivity index (χ0v) is 20.2. The van der Waals surface area contributed by atoms with Crippen molar-refractivity contribution in [3.63, 3.8) is 0 Å². The maximum Gasteiger partial charge on any atom is 0.310 e. The zero-order chi connectivity index (χ0) is 23.9. The maximum atomic E-state index is 12.1. The van der Waals surface area contributed by atoms with E-state index in [1.165, 1.54) is 0 Å². The summed E-state index contributed by atoms with van der Waals surface area (Å²) in [5.41, 5.74) is 4.11. The molecular weight excluding hydrogens is 456 g/mol. The summed E-state index contributed by atoms with van der Waals surface area (Å²) in [5, 5.41) is 8.48. The number of alkyl halides is 1. The van der Waals surface area contributed by atoms with Crippen LogP contribution < -0.4 is 4.74 Å². The molecule has 1 aromatic carbocycles. The molecule has 0 N–H and O–H groups in total. The molecule has 0 bridgehead atoms. The number of rotatable bonds is 9. The van der Waals surface area contributed by atoms with Gasteiger partial charge < -0.3 is 14.2 Å². The summed E-state index contributed by atoms with van der Waals surface area (Å²) in [6.45, 7) is 2.78. The largest absolute Gasteiger partial charge is 0.489 e. The fourth-order valence-corrected chi connectivity index (χ4v) is 4.31. The molecule has 2 heterocycles. The summed E-state index contributed by atoms with van der Waals surface area (Å²) in [6.07, 6.45) is 3.14. The minimum atomic E-state index is -0.252. The van der Waals surface area contributed by atoms with Gasteiger partial charge in [0, 0.05) is 7.05 Å². The van der Waals surface area contributed by atoms with Crippen LogP contribution in [0.25, 0.3) is 11.4 Å². The molecule has 0 amide bonds. The molecule has 180 valence electrons. The molecule has 2 atom stereocenters. The lowest BCUT2D eigenvalue weighted by Crippen LogP contribution is -2.30. The summed E-state index contributed by atoms with van der Waals surface area (Å²) in [4.78, 5) is 16.8. The fraction of sp³-hybridized carbons (Fsp3) is 0.440. The predicted octanol–water partition coefficient (Wildman–Crippen LogP) is 4.58. The first kappa shape index (κ1) is 24.2. The number of hydrogen-bond donors (Lipinski definition) is 0. The Morgan fingerprint density at radius 1 is 1.15 bits per heavy atom. The highest BCUT2D eigenvalue weighted by molar-refractivity contribution is 6.17. The number of aromatic nitrogens is 4. The number of halogens is 1. The van der Waals surface area contributed by atoms with Crippen molar-refractivity contribution in [2.45, 2.75) is 51.9 Å². The Labute approximate surface area is 204 Å². The van der Waals surface area contributed by atoms with Crippen LogP contribution in [0.4, 0.5) is 0 Å². The van der Waals surface area contributed by atoms with E-state index >= 15 is 0 Å². The third-order valence-corrected chi connectivity index (χ3v) is 6.13. The van der Waals surface area contributed by atoms with E-state index in [0.29, 0.717) is 36.8 Å². The van der Waals surface area contributed by atoms with Crippen molar-refractivity contribution in [3.8, 4) is 17.1 Å². The van der Waals surface area contributed by atoms with Gasteiger partial charge in [-0.25, -0.2) is 9.67 Å². The molecule has 34 heavy (non-hydrogen) atoms. The van der Waals surface area contributed by atoms with Crippen LogP contribution in [0.1, 0.15) is 42.6 Å². The Morgan fingerprint density at radius 2 is 1.97 bits per heavy atom. The van der Waals surface area contributed by atoms with Crippen molar-refractivity contribution < 1.29 is 19.0 Å². The highest BCUT2D eigenvalue weighted by Crippen LogP contribution is 2.31. The fourth-order valence-electron chi connectivity index (χ4n) is 4.20. The number of ether oxygens (including phenoxy) is 3. The summed E-state index contributed by atoms with van der Waals surface area (Å²) >= 11 is 5.54. The summed E-state index contributed by atoms with van der Waals surface area (Å²) in [7, 11) is 1.84. The maximum absolute atomic E-state index is 12.1. The van der Waals surface area contributed by atoms with Gasteiger partial charge in [0.25, 0.3) is 0 Å². The molecule has 1 saturated carbocycles. The number of carbonyl (C=O) groups excluding carboxylic acids is 1. The van der Waals surface area contributed by atoms with E-state index in [-0.39, 0.29) is 24.1 Å². The number of aryl methyl sites for hydroxylation is 2. The second kappa shape index (κ2) is 11.4. The Balaban J connectivity index is 1.42. The van der Waals surface area contributed by atoms with Gasteiger partial charge in [-0.2, -0.15) is 0 Å². The molecule has 4 rings (SSSR count). The van der Waals surface area contributed by atoms with E-state index in [1.54, 1.807) is 4.68 Å². The van der Waals surface area contributed by atoms with E-state index in [2.05, 4.69) is 10.3 Å². The molecule has 0 saturated heterocycles. The Hall–Kier alpha value is -2.97. The van der Waals surface area contributed by atoms with Gasteiger partial charge in [0.05, 0.1) is 42.3 Å². The molecule has 0 radical (unpaired) electrons. The van der Waals surface area contributed by atoms with Crippen LogP contribution >= 0.6 is 11.6 Å². The van der Waals surface area contributed by atoms with Gasteiger partial charge in [0.2, 0.25) is 0 Å². The first-order valence-corrected chi connectivity index (χ1v) is 12.0. The van der Waals surface area contributed by atoms with Crippen LogP contribution in [0.2, 0.25) is 0 Å². The van der Waals surface area contributed by atoms with E-state index in [1.807, 2.05) is 56.4 Å². The van der Waals surface area contributed by atoms with Crippen molar-refractivity contribution in [3.05, 3.63) is 59.4 Å². The number of hydrogen-bond acceptors (Lipinski definition) is 7. The minimum absolute atomic E-state index is 0.0635. The second-order valence-electron chi connectivity index (χ2n) is 8.44. The normalized spacial score (nSPS) is 18.0. The molecule has 1 aliphatic carbocycles. The van der Waals surface area contributed by atoms with Crippen molar-refractivity contribution in [2.24, 2.45) is 13.0 Å². The molecular formula is C25H29ClN4O4. The number of carbonyl (C=O) groups is 1. The van der Waals surface area contributed by atoms with Gasteiger partial charge in [0.1, 0.15) is 11.4 Å². The van der Waals surface area contributed by atoms with Crippen molar-refractivity contribution in [1.82, 2.24) is 20.0 Å². The SMILES string of the molecule is Cc1nc(-c2nnn(C)c2COCc2ccccc2)ccc1O[C@H]1CCC[C@H](C(=O)OCCl)C1. The topological polar surface area (TPSA) is 88.4 Å². The van der Waals surface area contributed by atoms with Crippen LogP contribution in [0.15, 0.2) is 42.5 Å². The Morgan fingerprint density at radius 3 is 2.74 bits per heavy atom. The molecule has 1 fully saturated rings. The van der Waals surface area contributed by atoms with Crippen LogP contribution in [0.5, 0.6) is 5.75 Å². The van der Waals surface area contributed by atoms with Crippen molar-refractivity contribution in [1.29, 1.82) is 0 Å². The van der Waals surface area contributed by atoms with Crippen molar-refractivity contribution in [2.75, 3.05) is 6.07 Å². The van der Waals surface area contributed by atoms with Gasteiger partial charge >= 0.3 is 5.97 Å². The molecule has 0 spiro atoms. The smallest absolute Gasteiger partial charge is 0.310 e. The van der Waals surface area contributed by atoms with E-state index in [4.69, 9.17) is 30.8 Å². The minimum Gasteiger partial charge on any atom is -0.489 e. The third-order valence-electron chi connectivity index (χ3n) is 6.02. The molecule has 8 nitrogen and oxygen atoms in total. The van der Waals surface area contributed by atoms with E-state index in [0.717, 1.165) is 36.2 Å². The first-order valence-electron chi connectivity index (χ1n) is 11.4. The quantitative estimate of drug-likeness (QED) is 0.324. The summed E-state index contributed by atoms with van der Waals surface area (Å²) in [5.74, 6) is 0.270. The van der Waals surface area contributed by atoms with Crippen molar-refractivity contribution >= 4 is 17.6 Å². The van der Waals surface area contributed by atoms with Gasteiger partial charge in [-0.3, -0.25) is 4.79 Å². The number of nitrogens with zero attached hydrogens (tertiary/aromatic N) is 4. The van der Waals surface area contributed by atoms with Gasteiger partial charge in [0.15, 0.2) is 6.07 Å². The number of benzene rings is 1. The van der Waals surface area contributed by atoms with E-state index in [9.17, 15) is 4.79 Å². The molecule has 1 aliphatic rings. The highest BCUT2D eigenvalue weighted by atomic mass is 35.5. The monoisotopic (exact) mass is 484 g/mol. The zero-order valence-electron chi connectivity index (χ0n) is 19.4. The Kier molecular flexibility index (Phi) is 8.13. The standard InChI is InChI=1S/C25H29ClN4O4/c1-17-23(34-20-10-6-9-19(13-20)25(31)33-16-26)12-11-21(27-17)24-22(30(2)29-28-24)15-32-14-18-7-4-3-5-8-18/h3-5,7-8,11-12,19-20H,6,9-10,13-16H2,1-2H3/t19-,20-/m0/s1. The molecule has 2 aromatic heterocycles. The molecule has 0 aliphatic heterocycles. The lowest BCUT2D eigenvalue weighted by atomic mass is 9.87. The van der Waals surface area contributed by atoms with Crippen LogP contribution in [0.3, 0.4) is 0 Å². The number of esters is 1. The lowest BCUT2D eigenvalue weighted by Gasteiger charge is -2.28.